The summed E-state index contributed by atoms with van der Waals surface area (Å²) in [5.74, 6) is -4.83. The van der Waals surface area contributed by atoms with Gasteiger partial charge in [-0.1, -0.05) is 29.3 Å². The van der Waals surface area contributed by atoms with E-state index in [0.29, 0.717) is 22.5 Å². The number of carboxylic acid groups (broad SMARTS) is 2. The minimum atomic E-state index is -5.08. The first-order valence-corrected chi connectivity index (χ1v) is 9.27. The number of nitrogens with zero attached hydrogens (tertiary/aromatic N) is 1. The monoisotopic (exact) mass is 522 g/mol. The first-order chi connectivity index (χ1) is 15.1. The quantitative estimate of drug-likeness (QED) is 0.461. The van der Waals surface area contributed by atoms with E-state index < -0.39 is 24.3 Å². The Labute approximate surface area is 191 Å². The summed E-state index contributed by atoms with van der Waals surface area (Å²) in [4.78, 5) is 22.3. The van der Waals surface area contributed by atoms with Gasteiger partial charge in [0.05, 0.1) is 5.69 Å². The van der Waals surface area contributed by atoms with Crippen LogP contribution in [-0.2, 0) is 16.1 Å². The molecule has 7 nitrogen and oxygen atoms in total. The highest BCUT2D eigenvalue weighted by Gasteiger charge is 2.38. The summed E-state index contributed by atoms with van der Waals surface area (Å²) in [6.07, 6.45) is -10.2. The molecule has 1 aliphatic heterocycles. The Bertz CT molecular complexity index is 942. The molecule has 2 heterocycles. The Kier molecular flexibility index (Phi) is 10.2. The number of nitrogens with one attached hydrogen (secondary N) is 1. The molecule has 0 fully saturated rings. The van der Waals surface area contributed by atoms with Crippen molar-refractivity contribution in [3.63, 3.8) is 0 Å². The Hall–Kier alpha value is -2.77. The predicted octanol–water partition coefficient (Wildman–Crippen LogP) is 4.80. The number of halogens is 8. The molecule has 1 aromatic heterocycles. The molecule has 1 aromatic carbocycles. The maximum Gasteiger partial charge on any atom is 0.490 e. The maximum absolute atomic E-state index is 10.6. The number of ether oxygens (including phenoxy) is 1. The van der Waals surface area contributed by atoms with E-state index in [2.05, 4.69) is 10.3 Å². The van der Waals surface area contributed by atoms with Crippen LogP contribution in [0.1, 0.15) is 5.56 Å². The van der Waals surface area contributed by atoms with Crippen molar-refractivity contribution >= 4 is 35.1 Å². The summed E-state index contributed by atoms with van der Waals surface area (Å²) in [6, 6.07) is 9.37. The molecule has 0 saturated heterocycles. The zero-order valence-corrected chi connectivity index (χ0v) is 17.6. The minimum absolute atomic E-state index is 0.599. The van der Waals surface area contributed by atoms with Gasteiger partial charge >= 0.3 is 24.3 Å². The molecule has 15 heteroatoms. The Morgan fingerprint density at radius 1 is 0.939 bits per heavy atom. The standard InChI is InChI=1S/C14H12Cl2N2O.2C2HF3O2/c15-11-5-10(6-12(16)7-11)13-2-1-9-8-17-3-4-19-14(9)18-13;2*3-2(4,5)1(6)7/h1-2,5-7,17H,3-4,8H2;2*(H,6,7). The van der Waals surface area contributed by atoms with Crippen LogP contribution in [0, 0.1) is 0 Å². The molecular weight excluding hydrogens is 509 g/mol. The fraction of sp³-hybridized carbons (Fsp3) is 0.278. The van der Waals surface area contributed by atoms with Crippen molar-refractivity contribution in [2.75, 3.05) is 13.2 Å². The number of hydrogen-bond acceptors (Lipinski definition) is 5. The third-order valence-corrected chi connectivity index (χ3v) is 3.85. The third-order valence-electron chi connectivity index (χ3n) is 3.42. The van der Waals surface area contributed by atoms with E-state index in [0.717, 1.165) is 29.9 Å². The van der Waals surface area contributed by atoms with Crippen LogP contribution >= 0.6 is 23.2 Å². The second kappa shape index (κ2) is 11.9. The molecule has 0 bridgehead atoms. The van der Waals surface area contributed by atoms with Crippen LogP contribution in [0.2, 0.25) is 10.0 Å². The molecule has 0 atom stereocenters. The van der Waals surface area contributed by atoms with Crippen molar-refractivity contribution in [2.45, 2.75) is 18.9 Å². The second-order valence-electron chi connectivity index (χ2n) is 5.95. The van der Waals surface area contributed by atoms with Gasteiger partial charge in [0, 0.05) is 34.3 Å². The van der Waals surface area contributed by atoms with Gasteiger partial charge in [-0.3, -0.25) is 0 Å². The van der Waals surface area contributed by atoms with Gasteiger partial charge in [0.15, 0.2) is 0 Å². The molecular formula is C18H14Cl2F6N2O5. The first kappa shape index (κ1) is 28.3. The largest absolute Gasteiger partial charge is 0.490 e. The topological polar surface area (TPSA) is 109 Å². The van der Waals surface area contributed by atoms with Gasteiger partial charge in [-0.2, -0.15) is 26.3 Å². The van der Waals surface area contributed by atoms with Crippen LogP contribution in [0.4, 0.5) is 26.3 Å². The van der Waals surface area contributed by atoms with Gasteiger partial charge in [-0.25, -0.2) is 14.6 Å². The van der Waals surface area contributed by atoms with Gasteiger partial charge in [0.2, 0.25) is 5.88 Å². The molecule has 2 aromatic rings. The van der Waals surface area contributed by atoms with Crippen molar-refractivity contribution in [2.24, 2.45) is 0 Å². The number of carbonyl (C=O) groups is 2. The smallest absolute Gasteiger partial charge is 0.476 e. The number of fused-ring (bicyclic) bond motifs is 1. The molecule has 0 radical (unpaired) electrons. The van der Waals surface area contributed by atoms with Crippen molar-refractivity contribution in [1.29, 1.82) is 0 Å². The van der Waals surface area contributed by atoms with E-state index >= 15 is 0 Å². The number of aliphatic carboxylic acids is 2. The number of hydrogen-bond donors (Lipinski definition) is 3. The Morgan fingerprint density at radius 2 is 1.42 bits per heavy atom. The number of alkyl halides is 6. The zero-order chi connectivity index (χ0) is 25.4. The lowest BCUT2D eigenvalue weighted by Gasteiger charge is -2.08. The zero-order valence-electron chi connectivity index (χ0n) is 16.1. The van der Waals surface area contributed by atoms with Crippen molar-refractivity contribution < 1.29 is 50.9 Å². The van der Waals surface area contributed by atoms with Gasteiger partial charge in [-0.15, -0.1) is 0 Å². The van der Waals surface area contributed by atoms with Gasteiger partial charge in [0.1, 0.15) is 6.61 Å². The van der Waals surface area contributed by atoms with Crippen LogP contribution in [0.5, 0.6) is 5.88 Å². The number of pyridine rings is 1. The molecule has 0 amide bonds. The van der Waals surface area contributed by atoms with E-state index in [4.69, 9.17) is 47.7 Å². The molecule has 3 rings (SSSR count). The third kappa shape index (κ3) is 10.1. The van der Waals surface area contributed by atoms with Crippen molar-refractivity contribution in [1.82, 2.24) is 10.3 Å². The molecule has 182 valence electrons. The van der Waals surface area contributed by atoms with Gasteiger partial charge < -0.3 is 20.3 Å². The molecule has 33 heavy (non-hydrogen) atoms. The summed E-state index contributed by atoms with van der Waals surface area (Å²) in [6.45, 7) is 2.23. The Morgan fingerprint density at radius 3 is 1.88 bits per heavy atom. The molecule has 0 saturated carbocycles. The summed E-state index contributed by atoms with van der Waals surface area (Å²) < 4.78 is 69.1. The van der Waals surface area contributed by atoms with E-state index in [-0.39, 0.29) is 0 Å². The lowest BCUT2D eigenvalue weighted by atomic mass is 10.1. The number of rotatable bonds is 1. The van der Waals surface area contributed by atoms with Gasteiger partial charge in [0.25, 0.3) is 0 Å². The molecule has 0 spiro atoms. The number of carboxylic acids is 2. The van der Waals surface area contributed by atoms with E-state index in [1.807, 2.05) is 24.3 Å². The average Bonchev–Trinajstić information content (AvgIpc) is 2.91. The summed E-state index contributed by atoms with van der Waals surface area (Å²) in [7, 11) is 0. The van der Waals surface area contributed by atoms with Crippen LogP contribution in [0.15, 0.2) is 30.3 Å². The number of aromatic nitrogens is 1. The molecule has 3 N–H and O–H groups in total. The highest BCUT2D eigenvalue weighted by atomic mass is 35.5. The van der Waals surface area contributed by atoms with Crippen LogP contribution < -0.4 is 10.1 Å². The lowest BCUT2D eigenvalue weighted by Crippen LogP contribution is -2.21. The highest BCUT2D eigenvalue weighted by Crippen LogP contribution is 2.29. The second-order valence-corrected chi connectivity index (χ2v) is 6.82. The summed E-state index contributed by atoms with van der Waals surface area (Å²) in [5, 5.41) is 18.7. The van der Waals surface area contributed by atoms with Crippen molar-refractivity contribution in [3.8, 4) is 17.1 Å². The van der Waals surface area contributed by atoms with E-state index in [1.54, 1.807) is 6.07 Å². The first-order valence-electron chi connectivity index (χ1n) is 8.51. The Balaban J connectivity index is 0.000000324. The van der Waals surface area contributed by atoms with Crippen molar-refractivity contribution in [3.05, 3.63) is 45.9 Å². The highest BCUT2D eigenvalue weighted by molar-refractivity contribution is 6.35. The SMILES string of the molecule is Clc1cc(Cl)cc(-c2ccc3c(n2)OCCNC3)c1.O=C(O)C(F)(F)F.O=C(O)C(F)(F)F. The maximum atomic E-state index is 10.6. The minimum Gasteiger partial charge on any atom is -0.476 e. The average molecular weight is 523 g/mol. The molecule has 1 aliphatic rings. The molecule has 0 aliphatic carbocycles. The van der Waals surface area contributed by atoms with Crippen LogP contribution in [0.25, 0.3) is 11.3 Å². The van der Waals surface area contributed by atoms with Gasteiger partial charge in [-0.05, 0) is 24.3 Å². The predicted molar refractivity (Wildman–Crippen MR) is 104 cm³/mol. The molecule has 0 unspecified atom stereocenters. The lowest BCUT2D eigenvalue weighted by molar-refractivity contribution is -0.193. The van der Waals surface area contributed by atoms with E-state index in [1.165, 1.54) is 0 Å². The normalized spacial score (nSPS) is 13.1. The van der Waals surface area contributed by atoms with E-state index in [9.17, 15) is 26.3 Å². The fourth-order valence-electron chi connectivity index (χ4n) is 2.03. The van der Waals surface area contributed by atoms with Crippen LogP contribution in [-0.4, -0.2) is 52.6 Å². The number of benzene rings is 1. The summed E-state index contributed by atoms with van der Waals surface area (Å²) >= 11 is 12.0. The summed E-state index contributed by atoms with van der Waals surface area (Å²) in [5.41, 5.74) is 2.76. The fourth-order valence-corrected chi connectivity index (χ4v) is 2.56. The van der Waals surface area contributed by atoms with Crippen LogP contribution in [0.3, 0.4) is 0 Å².